The van der Waals surface area contributed by atoms with Gasteiger partial charge in [0.15, 0.2) is 0 Å². The fraction of sp³-hybridized carbons (Fsp3) is 0.552. The maximum atomic E-state index is 12.8. The van der Waals surface area contributed by atoms with Gasteiger partial charge in [-0.05, 0) is 106 Å². The highest BCUT2D eigenvalue weighted by Crippen LogP contribution is 2.61. The van der Waals surface area contributed by atoms with E-state index in [9.17, 15) is 9.90 Å². The molecule has 4 heteroatoms. The topological polar surface area (TPSA) is 58.6 Å². The lowest BCUT2D eigenvalue weighted by atomic mass is 9.48. The van der Waals surface area contributed by atoms with E-state index in [0.29, 0.717) is 16.7 Å². The minimum atomic E-state index is -0.507. The highest BCUT2D eigenvalue weighted by molar-refractivity contribution is 6.06. The third kappa shape index (κ3) is 5.27. The summed E-state index contributed by atoms with van der Waals surface area (Å²) in [6.45, 7) is 2.24. The van der Waals surface area contributed by atoms with Gasteiger partial charge in [-0.3, -0.25) is 4.79 Å². The lowest BCUT2D eigenvalue weighted by Crippen LogP contribution is -2.46. The van der Waals surface area contributed by atoms with Gasteiger partial charge >= 0.3 is 0 Å². The van der Waals surface area contributed by atoms with E-state index in [1.165, 1.54) is 44.9 Å². The minimum absolute atomic E-state index is 0.203. The molecule has 2 N–H and O–H groups in total. The number of hydrogen-bond donors (Lipinski definition) is 2. The van der Waals surface area contributed by atoms with Crippen LogP contribution in [0.2, 0.25) is 0 Å². The van der Waals surface area contributed by atoms with Gasteiger partial charge in [-0.1, -0.05) is 36.2 Å². The van der Waals surface area contributed by atoms with Crippen molar-refractivity contribution in [2.75, 3.05) is 11.9 Å². The summed E-state index contributed by atoms with van der Waals surface area (Å²) in [5, 5.41) is 13.5. The zero-order valence-corrected chi connectivity index (χ0v) is 19.8. The Labute approximate surface area is 197 Å². The molecular weight excluding hydrogens is 410 g/mol. The number of hydrogen-bond acceptors (Lipinski definition) is 3. The normalized spacial score (nSPS) is 28.5. The van der Waals surface area contributed by atoms with E-state index in [1.54, 1.807) is 12.1 Å². The summed E-state index contributed by atoms with van der Waals surface area (Å²) in [5.74, 6) is 3.25. The van der Waals surface area contributed by atoms with Crippen molar-refractivity contribution in [2.24, 2.45) is 23.2 Å². The van der Waals surface area contributed by atoms with Crippen LogP contribution in [0.4, 0.5) is 5.69 Å². The predicted molar refractivity (Wildman–Crippen MR) is 132 cm³/mol. The second-order valence-corrected chi connectivity index (χ2v) is 11.1. The molecule has 6 rings (SSSR count). The Balaban J connectivity index is 1.11. The molecule has 0 spiro atoms. The zero-order valence-electron chi connectivity index (χ0n) is 19.8. The molecule has 4 aliphatic carbocycles. The van der Waals surface area contributed by atoms with Gasteiger partial charge in [-0.15, -0.1) is 0 Å². The van der Waals surface area contributed by atoms with Gasteiger partial charge in [0.25, 0.3) is 5.91 Å². The average molecular weight is 448 g/mol. The molecule has 33 heavy (non-hydrogen) atoms. The summed E-state index contributed by atoms with van der Waals surface area (Å²) >= 11 is 0. The maximum Gasteiger partial charge on any atom is 0.259 e. The minimum Gasteiger partial charge on any atom is -0.490 e. The fourth-order valence-electron chi connectivity index (χ4n) is 7.19. The second-order valence-electron chi connectivity index (χ2n) is 11.1. The number of rotatable bonds is 9. The van der Waals surface area contributed by atoms with Gasteiger partial charge < -0.3 is 15.2 Å². The summed E-state index contributed by atoms with van der Waals surface area (Å²) in [6.07, 6.45) is 11.3. The number of benzene rings is 2. The first kappa shape index (κ1) is 22.5. The zero-order chi connectivity index (χ0) is 22.8. The average Bonchev–Trinajstić information content (AvgIpc) is 2.78. The van der Waals surface area contributed by atoms with Gasteiger partial charge in [-0.2, -0.15) is 0 Å². The van der Waals surface area contributed by atoms with Crippen molar-refractivity contribution in [1.82, 2.24) is 0 Å². The summed E-state index contributed by atoms with van der Waals surface area (Å²) in [4.78, 5) is 12.8. The first-order valence-electron chi connectivity index (χ1n) is 12.8. The van der Waals surface area contributed by atoms with Crippen LogP contribution < -0.4 is 10.1 Å². The SMILES string of the molecule is Cc1ccc(NC(=O)c2ccccc2OCC(O)CCCC23CC4CC(CC(C4)C2)C3)cc1. The summed E-state index contributed by atoms with van der Waals surface area (Å²) in [5.41, 5.74) is 2.95. The van der Waals surface area contributed by atoms with Crippen molar-refractivity contribution in [3.63, 3.8) is 0 Å². The molecular formula is C29H37NO3. The van der Waals surface area contributed by atoms with Crippen LogP contribution >= 0.6 is 0 Å². The van der Waals surface area contributed by atoms with Gasteiger partial charge in [0.1, 0.15) is 12.4 Å². The number of carbonyl (C=O) groups excluding carboxylic acids is 1. The Kier molecular flexibility index (Phi) is 6.47. The number of amides is 1. The standard InChI is InChI=1S/C29H37NO3/c1-20-8-10-24(11-9-20)30-28(32)26-6-2-3-7-27(26)33-19-25(31)5-4-12-29-16-21-13-22(17-29)15-23(14-21)18-29/h2-3,6-11,21-23,25,31H,4-5,12-19H2,1H3,(H,30,32). The molecule has 176 valence electrons. The van der Waals surface area contributed by atoms with Gasteiger partial charge in [0, 0.05) is 5.69 Å². The van der Waals surface area contributed by atoms with E-state index < -0.39 is 6.10 Å². The quantitative estimate of drug-likeness (QED) is 0.469. The predicted octanol–water partition coefficient (Wildman–Crippen LogP) is 6.37. The molecule has 1 atom stereocenters. The van der Waals surface area contributed by atoms with Crippen LogP contribution in [-0.4, -0.2) is 23.7 Å². The van der Waals surface area contributed by atoms with Crippen molar-refractivity contribution >= 4 is 11.6 Å². The number of nitrogens with one attached hydrogen (secondary N) is 1. The molecule has 0 heterocycles. The maximum absolute atomic E-state index is 12.8. The number of aliphatic hydroxyl groups is 1. The summed E-state index contributed by atoms with van der Waals surface area (Å²) in [6, 6.07) is 15.0. The first-order valence-corrected chi connectivity index (χ1v) is 12.8. The number of ether oxygens (including phenoxy) is 1. The fourth-order valence-corrected chi connectivity index (χ4v) is 7.19. The van der Waals surface area contributed by atoms with E-state index in [-0.39, 0.29) is 12.5 Å². The third-order valence-corrected chi connectivity index (χ3v) is 8.28. The molecule has 1 unspecified atom stereocenters. The Morgan fingerprint density at radius 1 is 1.03 bits per heavy atom. The van der Waals surface area contributed by atoms with E-state index >= 15 is 0 Å². The van der Waals surface area contributed by atoms with Gasteiger partial charge in [-0.25, -0.2) is 0 Å². The van der Waals surface area contributed by atoms with Crippen LogP contribution in [0.3, 0.4) is 0 Å². The van der Waals surface area contributed by atoms with E-state index in [2.05, 4.69) is 5.32 Å². The molecule has 4 saturated carbocycles. The summed E-state index contributed by atoms with van der Waals surface area (Å²) < 4.78 is 5.91. The molecule has 4 fully saturated rings. The number of aliphatic hydroxyl groups excluding tert-OH is 1. The molecule has 1 amide bonds. The molecule has 0 aromatic heterocycles. The number of carbonyl (C=O) groups is 1. The Hall–Kier alpha value is -2.33. The Morgan fingerprint density at radius 2 is 1.67 bits per heavy atom. The van der Waals surface area contributed by atoms with Crippen LogP contribution in [0.25, 0.3) is 0 Å². The van der Waals surface area contributed by atoms with Crippen molar-refractivity contribution in [3.05, 3.63) is 59.7 Å². The van der Waals surface area contributed by atoms with Crippen LogP contribution in [0, 0.1) is 30.1 Å². The molecule has 0 aliphatic heterocycles. The Morgan fingerprint density at radius 3 is 2.33 bits per heavy atom. The number of anilines is 1. The molecule has 0 saturated heterocycles. The number of para-hydroxylation sites is 1. The van der Waals surface area contributed by atoms with Crippen molar-refractivity contribution in [3.8, 4) is 5.75 Å². The van der Waals surface area contributed by atoms with Crippen LogP contribution in [-0.2, 0) is 0 Å². The highest BCUT2D eigenvalue weighted by Gasteiger charge is 2.50. The van der Waals surface area contributed by atoms with Gasteiger partial charge in [0.05, 0.1) is 11.7 Å². The molecule has 4 bridgehead atoms. The van der Waals surface area contributed by atoms with Crippen LogP contribution in [0.1, 0.15) is 73.7 Å². The van der Waals surface area contributed by atoms with E-state index in [0.717, 1.165) is 41.8 Å². The van der Waals surface area contributed by atoms with Crippen molar-refractivity contribution in [1.29, 1.82) is 0 Å². The number of aryl methyl sites for hydroxylation is 1. The smallest absolute Gasteiger partial charge is 0.259 e. The highest BCUT2D eigenvalue weighted by atomic mass is 16.5. The second kappa shape index (κ2) is 9.50. The lowest BCUT2D eigenvalue weighted by Gasteiger charge is -2.57. The largest absolute Gasteiger partial charge is 0.490 e. The molecule has 2 aromatic carbocycles. The van der Waals surface area contributed by atoms with E-state index in [1.807, 2.05) is 43.3 Å². The van der Waals surface area contributed by atoms with Gasteiger partial charge in [0.2, 0.25) is 0 Å². The first-order chi connectivity index (χ1) is 16.0. The third-order valence-electron chi connectivity index (χ3n) is 8.28. The molecule has 0 radical (unpaired) electrons. The molecule has 4 aliphatic rings. The van der Waals surface area contributed by atoms with Crippen molar-refractivity contribution < 1.29 is 14.6 Å². The molecule has 2 aromatic rings. The van der Waals surface area contributed by atoms with Crippen LogP contribution in [0.15, 0.2) is 48.5 Å². The van der Waals surface area contributed by atoms with Crippen LogP contribution in [0.5, 0.6) is 5.75 Å². The van der Waals surface area contributed by atoms with E-state index in [4.69, 9.17) is 4.74 Å². The van der Waals surface area contributed by atoms with Crippen molar-refractivity contribution in [2.45, 2.75) is 70.8 Å². The lowest BCUT2D eigenvalue weighted by molar-refractivity contribution is -0.0597. The summed E-state index contributed by atoms with van der Waals surface area (Å²) in [7, 11) is 0. The molecule has 4 nitrogen and oxygen atoms in total. The monoisotopic (exact) mass is 447 g/mol. The Bertz CT molecular complexity index is 932.